The van der Waals surface area contributed by atoms with Gasteiger partial charge in [-0.3, -0.25) is 9.59 Å². The molecule has 2 aromatic rings. The quantitative estimate of drug-likeness (QED) is 0.535. The molecule has 1 fully saturated rings. The third-order valence-corrected chi connectivity index (χ3v) is 6.31. The number of hydrogen-bond acceptors (Lipinski definition) is 4. The van der Waals surface area contributed by atoms with Crippen LogP contribution in [0.5, 0.6) is 0 Å². The fraction of sp³-hybridized carbons (Fsp3) is 0.481. The maximum atomic E-state index is 13.1. The van der Waals surface area contributed by atoms with Gasteiger partial charge in [-0.25, -0.2) is 0 Å². The van der Waals surface area contributed by atoms with Gasteiger partial charge in [-0.2, -0.15) is 0 Å². The van der Waals surface area contributed by atoms with Gasteiger partial charge in [-0.05, 0) is 62.5 Å². The van der Waals surface area contributed by atoms with Gasteiger partial charge in [0.05, 0.1) is 5.56 Å². The Hall–Kier alpha value is -2.86. The lowest BCUT2D eigenvalue weighted by Gasteiger charge is -2.30. The van der Waals surface area contributed by atoms with Crippen LogP contribution in [-0.4, -0.2) is 56.0 Å². The third-order valence-electron chi connectivity index (χ3n) is 6.31. The Morgan fingerprint density at radius 2 is 1.70 bits per heavy atom. The van der Waals surface area contributed by atoms with Crippen molar-refractivity contribution in [3.05, 3.63) is 59.7 Å². The molecule has 1 aliphatic heterocycles. The standard InChI is InChI=1S/C27H38N4O2/c1-3-30(4-2)20-17-28-27(33)24-21-23(14-15-25(24)31-18-9-6-10-19-31)29-26(32)16-13-22-11-7-5-8-12-22/h5,7-8,11-12,14-15,21H,3-4,6,9-10,13,16-20H2,1-2H3,(H,28,33)(H,29,32). The zero-order valence-electron chi connectivity index (χ0n) is 20.1. The number of nitrogens with zero attached hydrogens (tertiary/aromatic N) is 2. The second-order valence-corrected chi connectivity index (χ2v) is 8.60. The molecule has 6 heteroatoms. The maximum absolute atomic E-state index is 13.1. The van der Waals surface area contributed by atoms with Gasteiger partial charge in [0, 0.05) is 44.0 Å². The van der Waals surface area contributed by atoms with Gasteiger partial charge in [0.25, 0.3) is 5.91 Å². The molecule has 6 nitrogen and oxygen atoms in total. The van der Waals surface area contributed by atoms with Crippen LogP contribution in [0.4, 0.5) is 11.4 Å². The molecule has 0 atom stereocenters. The fourth-order valence-electron chi connectivity index (χ4n) is 4.29. The molecule has 0 aliphatic carbocycles. The topological polar surface area (TPSA) is 64.7 Å². The first-order valence-corrected chi connectivity index (χ1v) is 12.3. The van der Waals surface area contributed by atoms with Crippen molar-refractivity contribution >= 4 is 23.2 Å². The molecule has 0 unspecified atom stereocenters. The van der Waals surface area contributed by atoms with Gasteiger partial charge < -0.3 is 20.4 Å². The molecule has 3 rings (SSSR count). The molecule has 2 N–H and O–H groups in total. The molecular formula is C27H38N4O2. The molecule has 0 aromatic heterocycles. The SMILES string of the molecule is CCN(CC)CCNC(=O)c1cc(NC(=O)CCc2ccccc2)ccc1N1CCCCC1. The number of anilines is 2. The second kappa shape index (κ2) is 13.0. The molecule has 0 radical (unpaired) electrons. The van der Waals surface area contributed by atoms with Crippen LogP contribution in [0.3, 0.4) is 0 Å². The number of likely N-dealkylation sites (N-methyl/N-ethyl adjacent to an activating group) is 1. The third kappa shape index (κ3) is 7.60. The van der Waals surface area contributed by atoms with Crippen LogP contribution in [0.25, 0.3) is 0 Å². The van der Waals surface area contributed by atoms with Crippen molar-refractivity contribution in [1.82, 2.24) is 10.2 Å². The van der Waals surface area contributed by atoms with Crippen molar-refractivity contribution < 1.29 is 9.59 Å². The summed E-state index contributed by atoms with van der Waals surface area (Å²) in [6.45, 7) is 9.55. The minimum Gasteiger partial charge on any atom is -0.371 e. The van der Waals surface area contributed by atoms with Crippen molar-refractivity contribution in [2.45, 2.75) is 46.0 Å². The van der Waals surface area contributed by atoms with E-state index in [2.05, 4.69) is 34.3 Å². The predicted molar refractivity (Wildman–Crippen MR) is 136 cm³/mol. The van der Waals surface area contributed by atoms with Crippen LogP contribution in [0, 0.1) is 0 Å². The van der Waals surface area contributed by atoms with E-state index in [0.717, 1.165) is 56.8 Å². The van der Waals surface area contributed by atoms with E-state index < -0.39 is 0 Å². The van der Waals surface area contributed by atoms with Crippen molar-refractivity contribution in [1.29, 1.82) is 0 Å². The Morgan fingerprint density at radius 3 is 2.39 bits per heavy atom. The smallest absolute Gasteiger partial charge is 0.253 e. The summed E-state index contributed by atoms with van der Waals surface area (Å²) in [4.78, 5) is 30.3. The average molecular weight is 451 g/mol. The average Bonchev–Trinajstić information content (AvgIpc) is 2.86. The van der Waals surface area contributed by atoms with Crippen LogP contribution in [0.15, 0.2) is 48.5 Å². The molecule has 1 saturated heterocycles. The minimum absolute atomic E-state index is 0.0440. The van der Waals surface area contributed by atoms with E-state index >= 15 is 0 Å². The number of piperidine rings is 1. The van der Waals surface area contributed by atoms with Crippen LogP contribution < -0.4 is 15.5 Å². The van der Waals surface area contributed by atoms with E-state index in [9.17, 15) is 9.59 Å². The molecular weight excluding hydrogens is 412 g/mol. The van der Waals surface area contributed by atoms with Gasteiger partial charge in [0.1, 0.15) is 0 Å². The Kier molecular flexibility index (Phi) is 9.76. The Labute approximate surface area is 198 Å². The van der Waals surface area contributed by atoms with Gasteiger partial charge in [-0.15, -0.1) is 0 Å². The molecule has 33 heavy (non-hydrogen) atoms. The second-order valence-electron chi connectivity index (χ2n) is 8.60. The zero-order valence-corrected chi connectivity index (χ0v) is 20.1. The van der Waals surface area contributed by atoms with Gasteiger partial charge >= 0.3 is 0 Å². The lowest BCUT2D eigenvalue weighted by molar-refractivity contribution is -0.116. The summed E-state index contributed by atoms with van der Waals surface area (Å²) in [5.41, 5.74) is 3.40. The highest BCUT2D eigenvalue weighted by Crippen LogP contribution is 2.27. The van der Waals surface area contributed by atoms with Gasteiger partial charge in [-0.1, -0.05) is 44.2 Å². The number of nitrogens with one attached hydrogen (secondary N) is 2. The first-order chi connectivity index (χ1) is 16.1. The largest absolute Gasteiger partial charge is 0.371 e. The number of amides is 2. The first-order valence-electron chi connectivity index (χ1n) is 12.3. The minimum atomic E-state index is -0.0804. The Morgan fingerprint density at radius 1 is 0.970 bits per heavy atom. The molecule has 2 amide bonds. The number of carbonyl (C=O) groups excluding carboxylic acids is 2. The first kappa shape index (κ1) is 24.8. The highest BCUT2D eigenvalue weighted by molar-refractivity contribution is 6.02. The lowest BCUT2D eigenvalue weighted by Crippen LogP contribution is -2.36. The molecule has 0 saturated carbocycles. The summed E-state index contributed by atoms with van der Waals surface area (Å²) in [5, 5.41) is 6.07. The van der Waals surface area contributed by atoms with Crippen LogP contribution in [0.2, 0.25) is 0 Å². The highest BCUT2D eigenvalue weighted by Gasteiger charge is 2.20. The number of rotatable bonds is 11. The van der Waals surface area contributed by atoms with Crippen LogP contribution in [0.1, 0.15) is 55.5 Å². The number of benzene rings is 2. The summed E-state index contributed by atoms with van der Waals surface area (Å²) >= 11 is 0. The number of carbonyl (C=O) groups is 2. The molecule has 1 aliphatic rings. The van der Waals surface area contributed by atoms with E-state index in [4.69, 9.17) is 0 Å². The van der Waals surface area contributed by atoms with Gasteiger partial charge in [0.2, 0.25) is 5.91 Å². The predicted octanol–water partition coefficient (Wildman–Crippen LogP) is 4.32. The van der Waals surface area contributed by atoms with Crippen molar-refractivity contribution in [2.75, 3.05) is 49.5 Å². The Balaban J connectivity index is 1.68. The molecule has 0 spiro atoms. The van der Waals surface area contributed by atoms with Crippen LogP contribution >= 0.6 is 0 Å². The van der Waals surface area contributed by atoms with E-state index in [0.29, 0.717) is 30.6 Å². The van der Waals surface area contributed by atoms with E-state index in [-0.39, 0.29) is 11.8 Å². The van der Waals surface area contributed by atoms with E-state index in [1.165, 1.54) is 6.42 Å². The fourth-order valence-corrected chi connectivity index (χ4v) is 4.29. The molecule has 1 heterocycles. The maximum Gasteiger partial charge on any atom is 0.253 e. The van der Waals surface area contributed by atoms with Crippen LogP contribution in [-0.2, 0) is 11.2 Å². The number of aryl methyl sites for hydroxylation is 1. The summed E-state index contributed by atoms with van der Waals surface area (Å²) in [6, 6.07) is 15.7. The van der Waals surface area contributed by atoms with E-state index in [1.54, 1.807) is 0 Å². The number of hydrogen-bond donors (Lipinski definition) is 2. The monoisotopic (exact) mass is 450 g/mol. The molecule has 2 aromatic carbocycles. The van der Waals surface area contributed by atoms with Crippen molar-refractivity contribution in [2.24, 2.45) is 0 Å². The Bertz CT molecular complexity index is 890. The normalized spacial score (nSPS) is 13.7. The molecule has 178 valence electrons. The van der Waals surface area contributed by atoms with E-state index in [1.807, 2.05) is 48.5 Å². The summed E-state index contributed by atoms with van der Waals surface area (Å²) in [7, 11) is 0. The zero-order chi connectivity index (χ0) is 23.5. The molecule has 0 bridgehead atoms. The lowest BCUT2D eigenvalue weighted by atomic mass is 10.1. The summed E-state index contributed by atoms with van der Waals surface area (Å²) in [6.07, 6.45) is 4.61. The van der Waals surface area contributed by atoms with Gasteiger partial charge in [0.15, 0.2) is 0 Å². The van der Waals surface area contributed by atoms with Crippen molar-refractivity contribution in [3.63, 3.8) is 0 Å². The van der Waals surface area contributed by atoms with Crippen molar-refractivity contribution in [3.8, 4) is 0 Å². The summed E-state index contributed by atoms with van der Waals surface area (Å²) < 4.78 is 0. The summed E-state index contributed by atoms with van der Waals surface area (Å²) in [5.74, 6) is -0.124. The highest BCUT2D eigenvalue weighted by atomic mass is 16.2.